The third-order valence-electron chi connectivity index (χ3n) is 6.61. The number of anilines is 2. The summed E-state index contributed by atoms with van der Waals surface area (Å²) in [6.45, 7) is 1.75. The SMILES string of the molecule is O=CCC1CCN(c2ccc3c4c(cccc24)C(=O)N3C2CCC(=O)NC2=O)CC1. The lowest BCUT2D eigenvalue weighted by molar-refractivity contribution is -0.134. The van der Waals surface area contributed by atoms with Gasteiger partial charge in [0.1, 0.15) is 12.3 Å². The van der Waals surface area contributed by atoms with E-state index in [-0.39, 0.29) is 18.2 Å². The van der Waals surface area contributed by atoms with Gasteiger partial charge in [-0.1, -0.05) is 12.1 Å². The van der Waals surface area contributed by atoms with Crippen molar-refractivity contribution in [2.24, 2.45) is 5.92 Å². The normalized spacial score (nSPS) is 22.0. The molecule has 0 bridgehead atoms. The highest BCUT2D eigenvalue weighted by Gasteiger charge is 2.41. The topological polar surface area (TPSA) is 86.8 Å². The van der Waals surface area contributed by atoms with Crippen LogP contribution in [0.4, 0.5) is 11.4 Å². The molecular formula is C23H23N3O4. The number of hydrogen-bond acceptors (Lipinski definition) is 5. The molecule has 154 valence electrons. The lowest BCUT2D eigenvalue weighted by Crippen LogP contribution is -2.53. The van der Waals surface area contributed by atoms with Gasteiger partial charge in [-0.3, -0.25) is 24.6 Å². The Morgan fingerprint density at radius 1 is 1.00 bits per heavy atom. The van der Waals surface area contributed by atoms with Gasteiger partial charge in [-0.2, -0.15) is 0 Å². The maximum absolute atomic E-state index is 13.2. The van der Waals surface area contributed by atoms with Crippen LogP contribution in [-0.2, 0) is 14.4 Å². The van der Waals surface area contributed by atoms with Crippen molar-refractivity contribution in [3.63, 3.8) is 0 Å². The highest BCUT2D eigenvalue weighted by atomic mass is 16.2. The second-order valence-electron chi connectivity index (χ2n) is 8.31. The van der Waals surface area contributed by atoms with Crippen LogP contribution in [-0.4, -0.2) is 43.1 Å². The number of carbonyl (C=O) groups is 4. The number of piperidine rings is 2. The predicted molar refractivity (Wildman–Crippen MR) is 113 cm³/mol. The second-order valence-corrected chi connectivity index (χ2v) is 8.31. The van der Waals surface area contributed by atoms with Gasteiger partial charge in [0.05, 0.1) is 5.69 Å². The molecule has 7 nitrogen and oxygen atoms in total. The maximum atomic E-state index is 13.2. The van der Waals surface area contributed by atoms with Crippen LogP contribution in [0, 0.1) is 5.92 Å². The molecule has 2 fully saturated rings. The lowest BCUT2D eigenvalue weighted by atomic mass is 9.93. The van der Waals surface area contributed by atoms with Gasteiger partial charge in [0.15, 0.2) is 0 Å². The first kappa shape index (κ1) is 18.8. The zero-order valence-corrected chi connectivity index (χ0v) is 16.6. The average Bonchev–Trinajstić information content (AvgIpc) is 3.03. The standard InChI is InChI=1S/C23H23N3O4/c27-13-10-14-8-11-25(12-9-14)17-4-5-18-21-15(17)2-1-3-16(21)23(30)26(18)19-6-7-20(28)24-22(19)29/h1-5,13-14,19H,6-12H2,(H,24,28,29). The van der Waals surface area contributed by atoms with E-state index in [0.717, 1.165) is 54.4 Å². The molecule has 3 aliphatic rings. The highest BCUT2D eigenvalue weighted by molar-refractivity contribution is 6.28. The van der Waals surface area contributed by atoms with Crippen molar-refractivity contribution < 1.29 is 19.2 Å². The van der Waals surface area contributed by atoms with Crippen LogP contribution in [0.5, 0.6) is 0 Å². The first-order valence-electron chi connectivity index (χ1n) is 10.5. The molecule has 2 aromatic rings. The number of aldehydes is 1. The number of imide groups is 1. The minimum Gasteiger partial charge on any atom is -0.371 e. The molecule has 0 aliphatic carbocycles. The summed E-state index contributed by atoms with van der Waals surface area (Å²) in [5.41, 5.74) is 2.42. The minimum absolute atomic E-state index is 0.188. The van der Waals surface area contributed by atoms with E-state index in [1.54, 1.807) is 11.0 Å². The van der Waals surface area contributed by atoms with E-state index < -0.39 is 11.9 Å². The Kier molecular flexibility index (Phi) is 4.53. The summed E-state index contributed by atoms with van der Waals surface area (Å²) in [6, 6.07) is 8.99. The fraction of sp³-hybridized carbons (Fsp3) is 0.391. The number of nitrogens with one attached hydrogen (secondary N) is 1. The zero-order valence-electron chi connectivity index (χ0n) is 16.6. The van der Waals surface area contributed by atoms with Crippen molar-refractivity contribution in [1.29, 1.82) is 0 Å². The zero-order chi connectivity index (χ0) is 20.8. The van der Waals surface area contributed by atoms with Crippen LogP contribution < -0.4 is 15.1 Å². The monoisotopic (exact) mass is 405 g/mol. The fourth-order valence-electron chi connectivity index (χ4n) is 5.05. The van der Waals surface area contributed by atoms with Crippen LogP contribution in [0.25, 0.3) is 10.8 Å². The number of rotatable bonds is 4. The predicted octanol–water partition coefficient (Wildman–Crippen LogP) is 2.41. The molecule has 1 unspecified atom stereocenters. The molecule has 1 atom stereocenters. The number of nitrogens with zero attached hydrogens (tertiary/aromatic N) is 2. The van der Waals surface area contributed by atoms with Crippen LogP contribution in [0.2, 0.25) is 0 Å². The van der Waals surface area contributed by atoms with E-state index in [2.05, 4.69) is 10.2 Å². The number of hydrogen-bond donors (Lipinski definition) is 1. The fourth-order valence-corrected chi connectivity index (χ4v) is 5.05. The summed E-state index contributed by atoms with van der Waals surface area (Å²) < 4.78 is 0. The van der Waals surface area contributed by atoms with E-state index in [0.29, 0.717) is 24.3 Å². The van der Waals surface area contributed by atoms with Gasteiger partial charge in [-0.05, 0) is 43.4 Å². The molecule has 30 heavy (non-hydrogen) atoms. The Bertz CT molecular complexity index is 1070. The molecule has 3 aliphatic heterocycles. The Morgan fingerprint density at radius 2 is 1.77 bits per heavy atom. The van der Waals surface area contributed by atoms with Crippen molar-refractivity contribution in [2.75, 3.05) is 22.9 Å². The molecule has 1 N–H and O–H groups in total. The van der Waals surface area contributed by atoms with Crippen molar-refractivity contribution in [3.8, 4) is 0 Å². The molecule has 0 aromatic heterocycles. The van der Waals surface area contributed by atoms with Crippen molar-refractivity contribution in [3.05, 3.63) is 35.9 Å². The minimum atomic E-state index is -0.671. The highest BCUT2D eigenvalue weighted by Crippen LogP contribution is 2.43. The first-order chi connectivity index (χ1) is 14.6. The number of carbonyl (C=O) groups excluding carboxylic acids is 4. The van der Waals surface area contributed by atoms with E-state index in [4.69, 9.17) is 0 Å². The van der Waals surface area contributed by atoms with Crippen LogP contribution in [0.1, 0.15) is 42.5 Å². The molecule has 5 rings (SSSR count). The van der Waals surface area contributed by atoms with Gasteiger partial charge in [-0.15, -0.1) is 0 Å². The van der Waals surface area contributed by atoms with Gasteiger partial charge in [0, 0.05) is 48.0 Å². The maximum Gasteiger partial charge on any atom is 0.259 e. The van der Waals surface area contributed by atoms with Gasteiger partial charge in [-0.25, -0.2) is 0 Å². The van der Waals surface area contributed by atoms with Gasteiger partial charge >= 0.3 is 0 Å². The molecule has 0 spiro atoms. The summed E-state index contributed by atoms with van der Waals surface area (Å²) in [6.07, 6.45) is 4.14. The molecule has 0 radical (unpaired) electrons. The lowest BCUT2D eigenvalue weighted by Gasteiger charge is -2.34. The molecule has 2 aromatic carbocycles. The van der Waals surface area contributed by atoms with Crippen LogP contribution >= 0.6 is 0 Å². The number of amides is 3. The van der Waals surface area contributed by atoms with E-state index >= 15 is 0 Å². The van der Waals surface area contributed by atoms with E-state index in [9.17, 15) is 19.2 Å². The third-order valence-corrected chi connectivity index (χ3v) is 6.61. The van der Waals surface area contributed by atoms with Crippen LogP contribution in [0.3, 0.4) is 0 Å². The molecule has 2 saturated heterocycles. The second kappa shape index (κ2) is 7.23. The van der Waals surface area contributed by atoms with E-state index in [1.807, 2.05) is 24.3 Å². The Labute approximate surface area is 174 Å². The quantitative estimate of drug-likeness (QED) is 0.624. The summed E-state index contributed by atoms with van der Waals surface area (Å²) in [7, 11) is 0. The molecule has 7 heteroatoms. The van der Waals surface area contributed by atoms with Crippen molar-refractivity contribution >= 4 is 46.2 Å². The molecule has 3 heterocycles. The number of benzene rings is 2. The Balaban J connectivity index is 1.52. The first-order valence-corrected chi connectivity index (χ1v) is 10.5. The van der Waals surface area contributed by atoms with Gasteiger partial charge < -0.3 is 9.69 Å². The van der Waals surface area contributed by atoms with Crippen molar-refractivity contribution in [2.45, 2.75) is 38.1 Å². The molecular weight excluding hydrogens is 382 g/mol. The van der Waals surface area contributed by atoms with Gasteiger partial charge in [0.2, 0.25) is 11.8 Å². The Morgan fingerprint density at radius 3 is 2.50 bits per heavy atom. The molecule has 0 saturated carbocycles. The Hall–Kier alpha value is -3.22. The summed E-state index contributed by atoms with van der Waals surface area (Å²) in [5, 5.41) is 4.23. The smallest absolute Gasteiger partial charge is 0.259 e. The van der Waals surface area contributed by atoms with E-state index in [1.165, 1.54) is 0 Å². The molecule has 3 amide bonds. The van der Waals surface area contributed by atoms with Crippen molar-refractivity contribution in [1.82, 2.24) is 5.32 Å². The average molecular weight is 405 g/mol. The third kappa shape index (κ3) is 2.88. The summed E-state index contributed by atoms with van der Waals surface area (Å²) in [4.78, 5) is 51.9. The summed E-state index contributed by atoms with van der Waals surface area (Å²) in [5.74, 6) is -0.451. The summed E-state index contributed by atoms with van der Waals surface area (Å²) >= 11 is 0. The van der Waals surface area contributed by atoms with Gasteiger partial charge in [0.25, 0.3) is 5.91 Å². The largest absolute Gasteiger partial charge is 0.371 e. The van der Waals surface area contributed by atoms with Crippen LogP contribution in [0.15, 0.2) is 30.3 Å².